The highest BCUT2D eigenvalue weighted by atomic mass is 16.3. The number of aliphatic hydroxyl groups is 1. The lowest BCUT2D eigenvalue weighted by atomic mass is 10.1. The van der Waals surface area contributed by atoms with E-state index in [-0.39, 0.29) is 11.5 Å². The molecular formula is C9H12O3. The summed E-state index contributed by atoms with van der Waals surface area (Å²) >= 11 is 0. The lowest BCUT2D eigenvalue weighted by molar-refractivity contribution is 0.0876. The Morgan fingerprint density at radius 1 is 1.67 bits per heavy atom. The predicted molar refractivity (Wildman–Crippen MR) is 44.2 cm³/mol. The smallest absolute Gasteiger partial charge is 0.223 e. The molecule has 1 N–H and O–H groups in total. The van der Waals surface area contributed by atoms with E-state index in [4.69, 9.17) is 9.52 Å². The maximum Gasteiger partial charge on any atom is 0.223 e. The van der Waals surface area contributed by atoms with Crippen molar-refractivity contribution in [3.63, 3.8) is 0 Å². The summed E-state index contributed by atoms with van der Waals surface area (Å²) in [4.78, 5) is 10.9. The number of aliphatic hydroxyl groups excluding tert-OH is 1. The van der Waals surface area contributed by atoms with Gasteiger partial charge in [0.25, 0.3) is 0 Å². The molecule has 0 aromatic carbocycles. The van der Waals surface area contributed by atoms with Gasteiger partial charge in [0, 0.05) is 0 Å². The van der Waals surface area contributed by atoms with Crippen LogP contribution in [0.5, 0.6) is 0 Å². The van der Waals surface area contributed by atoms with Gasteiger partial charge < -0.3 is 9.52 Å². The van der Waals surface area contributed by atoms with Crippen LogP contribution in [-0.2, 0) is 0 Å². The second-order valence-electron chi connectivity index (χ2n) is 2.98. The molecule has 0 aliphatic heterocycles. The van der Waals surface area contributed by atoms with E-state index in [0.717, 1.165) is 5.56 Å². The number of carbonyl (C=O) groups is 1. The lowest BCUT2D eigenvalue weighted by Gasteiger charge is -1.95. The van der Waals surface area contributed by atoms with Crippen LogP contribution in [0.15, 0.2) is 16.7 Å². The van der Waals surface area contributed by atoms with Crippen LogP contribution in [0.25, 0.3) is 0 Å². The summed E-state index contributed by atoms with van der Waals surface area (Å²) in [6.07, 6.45) is 1.55. The Morgan fingerprint density at radius 2 is 2.33 bits per heavy atom. The highest BCUT2D eigenvalue weighted by molar-refractivity contribution is 5.94. The van der Waals surface area contributed by atoms with Crippen molar-refractivity contribution in [2.75, 3.05) is 6.61 Å². The Labute approximate surface area is 71.0 Å². The number of carbonyl (C=O) groups excluding carboxylic acids is 1. The van der Waals surface area contributed by atoms with Gasteiger partial charge in [0.1, 0.15) is 6.61 Å². The van der Waals surface area contributed by atoms with Crippen LogP contribution in [0.3, 0.4) is 0 Å². The fourth-order valence-electron chi connectivity index (χ4n) is 0.878. The molecule has 1 aromatic heterocycles. The van der Waals surface area contributed by atoms with Crippen LogP contribution in [0.1, 0.15) is 35.9 Å². The van der Waals surface area contributed by atoms with E-state index in [1.54, 1.807) is 12.3 Å². The summed E-state index contributed by atoms with van der Waals surface area (Å²) in [6.45, 7) is 3.53. The summed E-state index contributed by atoms with van der Waals surface area (Å²) in [5, 5.41) is 8.53. The third-order valence-electron chi connectivity index (χ3n) is 1.70. The Bertz CT molecular complexity index is 273. The number of hydrogen-bond acceptors (Lipinski definition) is 3. The topological polar surface area (TPSA) is 50.4 Å². The third kappa shape index (κ3) is 1.74. The maximum absolute atomic E-state index is 10.9. The molecule has 0 bridgehead atoms. The average Bonchev–Trinajstić information content (AvgIpc) is 2.51. The number of furan rings is 1. The lowest BCUT2D eigenvalue weighted by Crippen LogP contribution is -2.02. The first-order chi connectivity index (χ1) is 5.65. The van der Waals surface area contributed by atoms with Crippen LogP contribution in [0.2, 0.25) is 0 Å². The van der Waals surface area contributed by atoms with Crippen molar-refractivity contribution >= 4 is 5.78 Å². The van der Waals surface area contributed by atoms with Gasteiger partial charge >= 0.3 is 0 Å². The average molecular weight is 168 g/mol. The van der Waals surface area contributed by atoms with Gasteiger partial charge in [0.15, 0.2) is 5.76 Å². The van der Waals surface area contributed by atoms with Gasteiger partial charge in [-0.15, -0.1) is 0 Å². The van der Waals surface area contributed by atoms with Crippen LogP contribution in [-0.4, -0.2) is 17.5 Å². The number of Topliss-reactive ketones (excluding diaryl/α,β-unsaturated/α-hetero) is 1. The van der Waals surface area contributed by atoms with Gasteiger partial charge in [-0.3, -0.25) is 4.79 Å². The minimum absolute atomic E-state index is 0.237. The monoisotopic (exact) mass is 168 g/mol. The molecule has 0 fully saturated rings. The molecule has 0 saturated heterocycles. The van der Waals surface area contributed by atoms with Crippen molar-refractivity contribution in [3.05, 3.63) is 23.7 Å². The molecule has 0 saturated carbocycles. The van der Waals surface area contributed by atoms with Crippen molar-refractivity contribution in [2.45, 2.75) is 19.8 Å². The summed E-state index contributed by atoms with van der Waals surface area (Å²) in [5.74, 6) is 0.206. The standard InChI is InChI=1S/C9H12O3/c1-6(2)7-3-9(12-5-7)8(11)4-10/h3,5-6,10H,4H2,1-2H3. The van der Waals surface area contributed by atoms with Gasteiger partial charge in [0.2, 0.25) is 5.78 Å². The molecule has 1 aromatic rings. The highest BCUT2D eigenvalue weighted by Crippen LogP contribution is 2.17. The van der Waals surface area contributed by atoms with Crippen LogP contribution < -0.4 is 0 Å². The molecule has 0 aliphatic rings. The second kappa shape index (κ2) is 3.54. The molecule has 66 valence electrons. The highest BCUT2D eigenvalue weighted by Gasteiger charge is 2.10. The van der Waals surface area contributed by atoms with Gasteiger partial charge in [-0.1, -0.05) is 13.8 Å². The molecular weight excluding hydrogens is 156 g/mol. The SMILES string of the molecule is CC(C)c1coc(C(=O)CO)c1. The first-order valence-corrected chi connectivity index (χ1v) is 3.87. The summed E-state index contributed by atoms with van der Waals surface area (Å²) < 4.78 is 4.97. The Morgan fingerprint density at radius 3 is 2.75 bits per heavy atom. The molecule has 0 unspecified atom stereocenters. The largest absolute Gasteiger partial charge is 0.461 e. The first kappa shape index (κ1) is 9.00. The van der Waals surface area contributed by atoms with E-state index in [0.29, 0.717) is 5.92 Å². The van der Waals surface area contributed by atoms with Crippen LogP contribution in [0.4, 0.5) is 0 Å². The van der Waals surface area contributed by atoms with Gasteiger partial charge in [-0.05, 0) is 17.5 Å². The summed E-state index contributed by atoms with van der Waals surface area (Å²) in [5.41, 5.74) is 0.979. The van der Waals surface area contributed by atoms with Crippen molar-refractivity contribution in [1.82, 2.24) is 0 Å². The van der Waals surface area contributed by atoms with E-state index < -0.39 is 6.61 Å². The zero-order chi connectivity index (χ0) is 9.14. The van der Waals surface area contributed by atoms with Crippen LogP contribution in [0, 0.1) is 0 Å². The van der Waals surface area contributed by atoms with Crippen molar-refractivity contribution in [2.24, 2.45) is 0 Å². The molecule has 1 heterocycles. The van der Waals surface area contributed by atoms with E-state index in [2.05, 4.69) is 0 Å². The fourth-order valence-corrected chi connectivity index (χ4v) is 0.878. The Hall–Kier alpha value is -1.09. The molecule has 0 aliphatic carbocycles. The quantitative estimate of drug-likeness (QED) is 0.697. The Kier molecular flexibility index (Phi) is 2.65. The minimum atomic E-state index is -0.495. The third-order valence-corrected chi connectivity index (χ3v) is 1.70. The van der Waals surface area contributed by atoms with E-state index in [1.165, 1.54) is 0 Å². The summed E-state index contributed by atoms with van der Waals surface area (Å²) in [6, 6.07) is 1.67. The minimum Gasteiger partial charge on any atom is -0.461 e. The molecule has 0 spiro atoms. The molecule has 1 rings (SSSR count). The number of rotatable bonds is 3. The molecule has 3 heteroatoms. The van der Waals surface area contributed by atoms with Gasteiger partial charge in [-0.25, -0.2) is 0 Å². The number of ketones is 1. The van der Waals surface area contributed by atoms with Crippen molar-refractivity contribution < 1.29 is 14.3 Å². The number of hydrogen-bond donors (Lipinski definition) is 1. The molecule has 0 atom stereocenters. The van der Waals surface area contributed by atoms with Crippen molar-refractivity contribution in [1.29, 1.82) is 0 Å². The molecule has 0 radical (unpaired) electrons. The first-order valence-electron chi connectivity index (χ1n) is 3.87. The summed E-state index contributed by atoms with van der Waals surface area (Å²) in [7, 11) is 0. The van der Waals surface area contributed by atoms with Gasteiger partial charge in [0.05, 0.1) is 6.26 Å². The predicted octanol–water partition coefficient (Wildman–Crippen LogP) is 1.58. The maximum atomic E-state index is 10.9. The normalized spacial score (nSPS) is 10.7. The Balaban J connectivity index is 2.84. The molecule has 0 amide bonds. The molecule has 3 nitrogen and oxygen atoms in total. The van der Waals surface area contributed by atoms with Crippen LogP contribution >= 0.6 is 0 Å². The van der Waals surface area contributed by atoms with Gasteiger partial charge in [-0.2, -0.15) is 0 Å². The second-order valence-corrected chi connectivity index (χ2v) is 2.98. The zero-order valence-corrected chi connectivity index (χ0v) is 7.20. The molecule has 12 heavy (non-hydrogen) atoms. The zero-order valence-electron chi connectivity index (χ0n) is 7.20. The van der Waals surface area contributed by atoms with E-state index in [1.807, 2.05) is 13.8 Å². The van der Waals surface area contributed by atoms with E-state index in [9.17, 15) is 4.79 Å². The van der Waals surface area contributed by atoms with E-state index >= 15 is 0 Å². The fraction of sp³-hybridized carbons (Fsp3) is 0.444. The van der Waals surface area contributed by atoms with Crippen molar-refractivity contribution in [3.8, 4) is 0 Å².